The van der Waals surface area contributed by atoms with Gasteiger partial charge in [-0.15, -0.1) is 0 Å². The maximum atomic E-state index is 5.51. The number of rotatable bonds is 19. The summed E-state index contributed by atoms with van der Waals surface area (Å²) in [5.41, 5.74) is 1.38. The van der Waals surface area contributed by atoms with E-state index in [9.17, 15) is 0 Å². The Kier molecular flexibility index (Phi) is 28.0. The van der Waals surface area contributed by atoms with Crippen molar-refractivity contribution in [3.63, 3.8) is 0 Å². The normalized spacial score (nSPS) is 13.4. The molecule has 1 rings (SSSR count). The number of hydrogen-bond donors (Lipinski definition) is 0. The van der Waals surface area contributed by atoms with Crippen LogP contribution in [0, 0.1) is 11.8 Å². The van der Waals surface area contributed by atoms with Gasteiger partial charge in [0.1, 0.15) is 0 Å². The SMILES string of the molecule is CC(C)C=CC=CC(C)C.CCCCCCP(CCCCCC)(CCCCCC)=NC1=CC=CC1.[Ti]. The average Bonchev–Trinajstić information content (AvgIpc) is 3.33. The molecule has 36 heavy (non-hydrogen) atoms. The molecule has 208 valence electrons. The van der Waals surface area contributed by atoms with Crippen LogP contribution in [-0.4, -0.2) is 18.5 Å². The topological polar surface area (TPSA) is 12.4 Å². The van der Waals surface area contributed by atoms with Crippen LogP contribution in [0.5, 0.6) is 0 Å². The van der Waals surface area contributed by atoms with Gasteiger partial charge >= 0.3 is 0 Å². The maximum Gasteiger partial charge on any atom is 0.0425 e. The van der Waals surface area contributed by atoms with Crippen molar-refractivity contribution in [2.75, 3.05) is 18.5 Å². The number of unbranched alkanes of at least 4 members (excludes halogenated alkanes) is 9. The first-order valence-corrected chi connectivity index (χ1v) is 17.5. The second-order valence-electron chi connectivity index (χ2n) is 11.1. The molecular weight excluding hydrogens is 489 g/mol. The summed E-state index contributed by atoms with van der Waals surface area (Å²) in [5.74, 6) is 1.33. The molecule has 0 saturated carbocycles. The van der Waals surface area contributed by atoms with E-state index in [-0.39, 0.29) is 21.7 Å². The predicted octanol–water partition coefficient (Wildman–Crippen LogP) is 12.2. The quantitative estimate of drug-likeness (QED) is 0.0655. The first-order valence-electron chi connectivity index (χ1n) is 15.2. The number of nitrogens with zero attached hydrogens (tertiary/aromatic N) is 1. The smallest absolute Gasteiger partial charge is 0.0425 e. The van der Waals surface area contributed by atoms with Crippen molar-refractivity contribution in [3.05, 3.63) is 48.2 Å². The molecule has 3 heteroatoms. The van der Waals surface area contributed by atoms with Crippen molar-refractivity contribution < 1.29 is 21.7 Å². The van der Waals surface area contributed by atoms with Crippen LogP contribution in [0.2, 0.25) is 0 Å². The van der Waals surface area contributed by atoms with E-state index in [2.05, 4.69) is 91.0 Å². The largest absolute Gasteiger partial charge is 0.272 e. The fourth-order valence-electron chi connectivity index (χ4n) is 4.34. The van der Waals surface area contributed by atoms with E-state index in [1.165, 1.54) is 101 Å². The summed E-state index contributed by atoms with van der Waals surface area (Å²) >= 11 is 0. The molecule has 0 fully saturated rings. The van der Waals surface area contributed by atoms with Gasteiger partial charge in [-0.2, -0.15) is 0 Å². The Labute approximate surface area is 243 Å². The van der Waals surface area contributed by atoms with Crippen LogP contribution >= 0.6 is 7.05 Å². The Morgan fingerprint density at radius 2 is 1.11 bits per heavy atom. The van der Waals surface area contributed by atoms with E-state index in [1.807, 2.05) is 0 Å². The summed E-state index contributed by atoms with van der Waals surface area (Å²) in [4.78, 5) is 0. The molecule has 0 heterocycles. The zero-order valence-electron chi connectivity index (χ0n) is 25.4. The van der Waals surface area contributed by atoms with Gasteiger partial charge in [0, 0.05) is 33.8 Å². The molecule has 0 aromatic carbocycles. The third kappa shape index (κ3) is 23.1. The Hall–Kier alpha value is -0.0957. The van der Waals surface area contributed by atoms with Crippen LogP contribution < -0.4 is 0 Å². The minimum atomic E-state index is -1.15. The van der Waals surface area contributed by atoms with Crippen molar-refractivity contribution in [2.45, 2.75) is 132 Å². The number of allylic oxidation sites excluding steroid dienone is 7. The Bertz CT molecular complexity index is 601. The van der Waals surface area contributed by atoms with Crippen molar-refractivity contribution in [2.24, 2.45) is 16.6 Å². The van der Waals surface area contributed by atoms with Crippen LogP contribution in [-0.2, 0) is 21.7 Å². The summed E-state index contributed by atoms with van der Waals surface area (Å²) in [6.45, 7) is 15.7. The summed E-state index contributed by atoms with van der Waals surface area (Å²) in [7, 11) is -1.15. The fraction of sp³-hybridized carbons (Fsp3) is 0.758. The molecule has 0 aromatic heterocycles. The van der Waals surface area contributed by atoms with E-state index < -0.39 is 7.05 Å². The predicted molar refractivity (Wildman–Crippen MR) is 166 cm³/mol. The Balaban J connectivity index is 0. The van der Waals surface area contributed by atoms with Crippen LogP contribution in [0.15, 0.2) is 53.0 Å². The van der Waals surface area contributed by atoms with Crippen LogP contribution in [0.3, 0.4) is 0 Å². The van der Waals surface area contributed by atoms with Crippen molar-refractivity contribution in [1.82, 2.24) is 0 Å². The van der Waals surface area contributed by atoms with Gasteiger partial charge in [0.2, 0.25) is 0 Å². The van der Waals surface area contributed by atoms with Gasteiger partial charge in [-0.05, 0) is 62.7 Å². The first kappa shape index (κ1) is 38.1. The summed E-state index contributed by atoms with van der Waals surface area (Å²) < 4.78 is 5.51. The monoisotopic (exact) mass is 551 g/mol. The van der Waals surface area contributed by atoms with Gasteiger partial charge in [-0.1, -0.05) is 143 Å². The molecule has 0 radical (unpaired) electrons. The van der Waals surface area contributed by atoms with Crippen LogP contribution in [0.4, 0.5) is 0 Å². The van der Waals surface area contributed by atoms with E-state index in [0.29, 0.717) is 11.8 Å². The molecule has 0 aromatic rings. The molecule has 1 aliphatic carbocycles. The molecule has 1 nitrogen and oxygen atoms in total. The minimum Gasteiger partial charge on any atom is -0.272 e. The maximum absolute atomic E-state index is 5.51. The van der Waals surface area contributed by atoms with E-state index in [0.717, 1.165) is 6.42 Å². The first-order chi connectivity index (χ1) is 16.9. The van der Waals surface area contributed by atoms with Crippen LogP contribution in [0.25, 0.3) is 0 Å². The minimum absolute atomic E-state index is 0. The van der Waals surface area contributed by atoms with E-state index >= 15 is 0 Å². The van der Waals surface area contributed by atoms with Gasteiger partial charge in [-0.25, -0.2) is 0 Å². The molecule has 0 spiro atoms. The molecule has 0 saturated heterocycles. The molecule has 0 bridgehead atoms. The average molecular weight is 552 g/mol. The second-order valence-corrected chi connectivity index (χ2v) is 14.8. The summed E-state index contributed by atoms with van der Waals surface area (Å²) in [6, 6.07) is 0. The molecule has 0 aliphatic heterocycles. The Morgan fingerprint density at radius 1 is 0.694 bits per heavy atom. The van der Waals surface area contributed by atoms with Crippen molar-refractivity contribution in [1.29, 1.82) is 0 Å². The van der Waals surface area contributed by atoms with Crippen molar-refractivity contribution in [3.8, 4) is 0 Å². The molecule has 0 amide bonds. The van der Waals surface area contributed by atoms with Crippen LogP contribution in [0.1, 0.15) is 132 Å². The van der Waals surface area contributed by atoms with Gasteiger partial charge in [0.05, 0.1) is 0 Å². The zero-order chi connectivity index (χ0) is 26.2. The molecule has 0 unspecified atom stereocenters. The molecule has 0 atom stereocenters. The number of hydrogen-bond acceptors (Lipinski definition) is 1. The van der Waals surface area contributed by atoms with Gasteiger partial charge in [-0.3, -0.25) is 4.74 Å². The molecular formula is C33H62NPTi. The molecule has 1 aliphatic rings. The summed E-state index contributed by atoms with van der Waals surface area (Å²) in [6.07, 6.45) is 37.4. The standard InChI is InChI=1S/C23H44NP.C10H18.Ti/c1-4-7-10-15-20-25(21-16-11-8-5-2,22-17-12-9-6-3)24-23-18-13-14-19-23;1-9(2)7-5-6-8-10(3)4;/h13-14,18H,4-12,15-17,19-22H2,1-3H3;5-10H,1-4H3;. The third-order valence-corrected chi connectivity index (χ3v) is 10.6. The Morgan fingerprint density at radius 3 is 1.42 bits per heavy atom. The van der Waals surface area contributed by atoms with E-state index in [4.69, 9.17) is 4.74 Å². The molecule has 0 N–H and O–H groups in total. The second kappa shape index (κ2) is 26.5. The third-order valence-electron chi connectivity index (χ3n) is 6.48. The van der Waals surface area contributed by atoms with Gasteiger partial charge < -0.3 is 0 Å². The summed E-state index contributed by atoms with van der Waals surface area (Å²) in [5, 5.41) is 0. The van der Waals surface area contributed by atoms with Gasteiger partial charge in [0.25, 0.3) is 0 Å². The van der Waals surface area contributed by atoms with E-state index in [1.54, 1.807) is 0 Å². The zero-order valence-corrected chi connectivity index (χ0v) is 27.9. The fourth-order valence-corrected chi connectivity index (χ4v) is 8.44. The van der Waals surface area contributed by atoms with Gasteiger partial charge in [0.15, 0.2) is 0 Å². The van der Waals surface area contributed by atoms with Crippen molar-refractivity contribution >= 4 is 7.05 Å².